The van der Waals surface area contributed by atoms with Crippen LogP contribution in [0.15, 0.2) is 11.8 Å². The molecule has 1 saturated carbocycles. The SMILES string of the molecule is CCCNC(C1=COCCC1)C1CCC(C)CC1. The molecule has 1 fully saturated rings. The van der Waals surface area contributed by atoms with Crippen LogP contribution in [0, 0.1) is 11.8 Å². The second-order valence-corrected chi connectivity index (χ2v) is 6.12. The standard InChI is InChI=1S/C16H29NO/c1-3-10-17-16(15-5-4-11-18-12-15)14-8-6-13(2)7-9-14/h12-14,16-17H,3-11H2,1-2H3. The Bertz CT molecular complexity index is 266. The van der Waals surface area contributed by atoms with Crippen LogP contribution in [0.4, 0.5) is 0 Å². The Balaban J connectivity index is 1.97. The molecule has 1 heterocycles. The molecule has 2 heteroatoms. The van der Waals surface area contributed by atoms with E-state index in [9.17, 15) is 0 Å². The Hall–Kier alpha value is -0.500. The Labute approximate surface area is 112 Å². The largest absolute Gasteiger partial charge is 0.501 e. The summed E-state index contributed by atoms with van der Waals surface area (Å²) in [6, 6.07) is 0.581. The second kappa shape index (κ2) is 7.18. The van der Waals surface area contributed by atoms with E-state index >= 15 is 0 Å². The predicted molar refractivity (Wildman–Crippen MR) is 76.5 cm³/mol. The van der Waals surface area contributed by atoms with Crippen LogP contribution in [0.25, 0.3) is 0 Å². The molecule has 1 N–H and O–H groups in total. The Morgan fingerprint density at radius 2 is 2.11 bits per heavy atom. The van der Waals surface area contributed by atoms with Crippen LogP contribution in [0.2, 0.25) is 0 Å². The van der Waals surface area contributed by atoms with Gasteiger partial charge in [0.2, 0.25) is 0 Å². The van der Waals surface area contributed by atoms with Gasteiger partial charge in [0.05, 0.1) is 12.9 Å². The van der Waals surface area contributed by atoms with E-state index in [1.807, 2.05) is 0 Å². The molecule has 0 bridgehead atoms. The van der Waals surface area contributed by atoms with Crippen LogP contribution in [0.1, 0.15) is 58.8 Å². The van der Waals surface area contributed by atoms with Crippen molar-refractivity contribution in [2.75, 3.05) is 13.2 Å². The first-order valence-corrected chi connectivity index (χ1v) is 7.85. The van der Waals surface area contributed by atoms with Crippen LogP contribution in [0.5, 0.6) is 0 Å². The van der Waals surface area contributed by atoms with Crippen molar-refractivity contribution in [3.05, 3.63) is 11.8 Å². The lowest BCUT2D eigenvalue weighted by Gasteiger charge is -2.35. The number of hydrogen-bond donors (Lipinski definition) is 1. The highest BCUT2D eigenvalue weighted by molar-refractivity contribution is 5.12. The van der Waals surface area contributed by atoms with Gasteiger partial charge in [0.15, 0.2) is 0 Å². The first-order chi connectivity index (χ1) is 8.81. The molecule has 1 atom stereocenters. The normalized spacial score (nSPS) is 30.4. The van der Waals surface area contributed by atoms with Gasteiger partial charge in [-0.15, -0.1) is 0 Å². The minimum Gasteiger partial charge on any atom is -0.501 e. The van der Waals surface area contributed by atoms with Gasteiger partial charge in [0.25, 0.3) is 0 Å². The van der Waals surface area contributed by atoms with Gasteiger partial charge in [0, 0.05) is 6.04 Å². The first kappa shape index (κ1) is 13.9. The van der Waals surface area contributed by atoms with Crippen LogP contribution in [-0.2, 0) is 4.74 Å². The molecule has 0 radical (unpaired) electrons. The van der Waals surface area contributed by atoms with E-state index in [-0.39, 0.29) is 0 Å². The highest BCUT2D eigenvalue weighted by atomic mass is 16.5. The topological polar surface area (TPSA) is 21.3 Å². The van der Waals surface area contributed by atoms with E-state index in [0.29, 0.717) is 6.04 Å². The number of nitrogens with one attached hydrogen (secondary N) is 1. The van der Waals surface area contributed by atoms with Crippen molar-refractivity contribution in [3.8, 4) is 0 Å². The lowest BCUT2D eigenvalue weighted by atomic mass is 9.76. The molecule has 0 amide bonds. The van der Waals surface area contributed by atoms with Crippen LogP contribution in [-0.4, -0.2) is 19.2 Å². The molecule has 1 aliphatic heterocycles. The molecule has 2 aliphatic rings. The minimum absolute atomic E-state index is 0.581. The van der Waals surface area contributed by atoms with Crippen molar-refractivity contribution >= 4 is 0 Å². The maximum absolute atomic E-state index is 5.55. The van der Waals surface area contributed by atoms with Gasteiger partial charge >= 0.3 is 0 Å². The summed E-state index contributed by atoms with van der Waals surface area (Å²) in [5, 5.41) is 3.78. The zero-order chi connectivity index (χ0) is 12.8. The Morgan fingerprint density at radius 1 is 1.33 bits per heavy atom. The van der Waals surface area contributed by atoms with Crippen LogP contribution in [0.3, 0.4) is 0 Å². The molecule has 18 heavy (non-hydrogen) atoms. The van der Waals surface area contributed by atoms with E-state index in [0.717, 1.165) is 25.0 Å². The quantitative estimate of drug-likeness (QED) is 0.800. The highest BCUT2D eigenvalue weighted by Gasteiger charge is 2.28. The van der Waals surface area contributed by atoms with E-state index in [1.54, 1.807) is 0 Å². The van der Waals surface area contributed by atoms with Gasteiger partial charge in [-0.25, -0.2) is 0 Å². The average molecular weight is 251 g/mol. The third-order valence-corrected chi connectivity index (χ3v) is 4.51. The van der Waals surface area contributed by atoms with Gasteiger partial charge < -0.3 is 10.1 Å². The molecular weight excluding hydrogens is 222 g/mol. The van der Waals surface area contributed by atoms with Crippen molar-refractivity contribution in [2.24, 2.45) is 11.8 Å². The Kier molecular flexibility index (Phi) is 5.55. The molecule has 0 saturated heterocycles. The van der Waals surface area contributed by atoms with Crippen LogP contribution < -0.4 is 5.32 Å². The third kappa shape index (κ3) is 3.74. The molecular formula is C16H29NO. The van der Waals surface area contributed by atoms with Gasteiger partial charge in [0.1, 0.15) is 0 Å². The Morgan fingerprint density at radius 3 is 2.72 bits per heavy atom. The molecule has 0 aromatic heterocycles. The van der Waals surface area contributed by atoms with Gasteiger partial charge in [-0.05, 0) is 56.1 Å². The van der Waals surface area contributed by atoms with Crippen molar-refractivity contribution in [1.82, 2.24) is 5.32 Å². The molecule has 0 aromatic rings. The number of ether oxygens (including phenoxy) is 1. The summed E-state index contributed by atoms with van der Waals surface area (Å²) in [4.78, 5) is 0. The van der Waals surface area contributed by atoms with E-state index in [4.69, 9.17) is 4.74 Å². The van der Waals surface area contributed by atoms with Crippen molar-refractivity contribution in [3.63, 3.8) is 0 Å². The lowest BCUT2D eigenvalue weighted by Crippen LogP contribution is -2.40. The number of hydrogen-bond acceptors (Lipinski definition) is 2. The summed E-state index contributed by atoms with van der Waals surface area (Å²) in [5.74, 6) is 1.77. The fourth-order valence-electron chi connectivity index (χ4n) is 3.33. The summed E-state index contributed by atoms with van der Waals surface area (Å²) in [6.07, 6.45) is 11.3. The zero-order valence-corrected chi connectivity index (χ0v) is 12.1. The summed E-state index contributed by atoms with van der Waals surface area (Å²) in [5.41, 5.74) is 1.52. The molecule has 0 spiro atoms. The highest BCUT2D eigenvalue weighted by Crippen LogP contribution is 2.34. The van der Waals surface area contributed by atoms with E-state index in [1.165, 1.54) is 50.5 Å². The van der Waals surface area contributed by atoms with Gasteiger partial charge in [-0.2, -0.15) is 0 Å². The van der Waals surface area contributed by atoms with Gasteiger partial charge in [-0.1, -0.05) is 26.7 Å². The van der Waals surface area contributed by atoms with E-state index < -0.39 is 0 Å². The molecule has 2 nitrogen and oxygen atoms in total. The van der Waals surface area contributed by atoms with Gasteiger partial charge in [-0.3, -0.25) is 0 Å². The average Bonchev–Trinajstić information content (AvgIpc) is 2.42. The number of rotatable bonds is 5. The molecule has 104 valence electrons. The summed E-state index contributed by atoms with van der Waals surface area (Å²) >= 11 is 0. The van der Waals surface area contributed by atoms with Crippen molar-refractivity contribution < 1.29 is 4.74 Å². The summed E-state index contributed by atoms with van der Waals surface area (Å²) < 4.78 is 5.55. The lowest BCUT2D eigenvalue weighted by molar-refractivity contribution is 0.199. The predicted octanol–water partition coefficient (Wildman–Crippen LogP) is 3.88. The molecule has 1 aliphatic carbocycles. The second-order valence-electron chi connectivity index (χ2n) is 6.12. The summed E-state index contributed by atoms with van der Waals surface area (Å²) in [6.45, 7) is 6.69. The third-order valence-electron chi connectivity index (χ3n) is 4.51. The first-order valence-electron chi connectivity index (χ1n) is 7.85. The smallest absolute Gasteiger partial charge is 0.0876 e. The fourth-order valence-corrected chi connectivity index (χ4v) is 3.33. The molecule has 2 rings (SSSR count). The van der Waals surface area contributed by atoms with Crippen molar-refractivity contribution in [1.29, 1.82) is 0 Å². The monoisotopic (exact) mass is 251 g/mol. The minimum atomic E-state index is 0.581. The van der Waals surface area contributed by atoms with Crippen molar-refractivity contribution in [2.45, 2.75) is 64.8 Å². The van der Waals surface area contributed by atoms with E-state index in [2.05, 4.69) is 25.4 Å². The maximum Gasteiger partial charge on any atom is 0.0876 e. The summed E-state index contributed by atoms with van der Waals surface area (Å²) in [7, 11) is 0. The zero-order valence-electron chi connectivity index (χ0n) is 12.1. The molecule has 1 unspecified atom stereocenters. The maximum atomic E-state index is 5.55. The molecule has 0 aromatic carbocycles. The van der Waals surface area contributed by atoms with Crippen LogP contribution >= 0.6 is 0 Å². The fraction of sp³-hybridized carbons (Fsp3) is 0.875.